The van der Waals surface area contributed by atoms with Crippen LogP contribution in [0.15, 0.2) is 53.0 Å². The molecule has 0 unspecified atom stereocenters. The summed E-state index contributed by atoms with van der Waals surface area (Å²) in [6.45, 7) is 1.91. The first-order valence-electron chi connectivity index (χ1n) is 13.8. The van der Waals surface area contributed by atoms with Crippen LogP contribution < -0.4 is 10.5 Å². The Morgan fingerprint density at radius 3 is 2.36 bits per heavy atom. The van der Waals surface area contributed by atoms with E-state index in [0.717, 1.165) is 13.1 Å². The summed E-state index contributed by atoms with van der Waals surface area (Å²) in [7, 11) is 4.69. The summed E-state index contributed by atoms with van der Waals surface area (Å²) in [6, 6.07) is 8.59. The second-order valence-electron chi connectivity index (χ2n) is 11.8. The van der Waals surface area contributed by atoms with Crippen LogP contribution in [0.3, 0.4) is 0 Å². The number of hydrogen-bond donors (Lipinski definition) is 5. The zero-order valence-corrected chi connectivity index (χ0v) is 23.5. The Balaban J connectivity index is 1.44. The van der Waals surface area contributed by atoms with Gasteiger partial charge in [-0.2, -0.15) is 0 Å². The number of nitrogens with two attached hydrogens (primary N) is 1. The van der Waals surface area contributed by atoms with Gasteiger partial charge < -0.3 is 30.9 Å². The van der Waals surface area contributed by atoms with Gasteiger partial charge in [0.25, 0.3) is 5.91 Å². The Hall–Kier alpha value is -4.19. The minimum absolute atomic E-state index is 0.0152. The van der Waals surface area contributed by atoms with Crippen LogP contribution in [0.1, 0.15) is 39.0 Å². The highest BCUT2D eigenvalue weighted by atomic mass is 16.5. The van der Waals surface area contributed by atoms with E-state index in [2.05, 4.69) is 17.0 Å². The molecular formula is C31H33N3O8. The number of aliphatic hydroxyl groups is 3. The molecule has 0 saturated heterocycles. The van der Waals surface area contributed by atoms with Crippen molar-refractivity contribution in [1.82, 2.24) is 9.80 Å². The number of amides is 1. The van der Waals surface area contributed by atoms with Crippen molar-refractivity contribution in [2.75, 3.05) is 21.2 Å². The number of hydrogen-bond acceptors (Lipinski definition) is 10. The molecule has 0 fully saturated rings. The van der Waals surface area contributed by atoms with Crippen LogP contribution in [0.25, 0.3) is 0 Å². The van der Waals surface area contributed by atoms with Gasteiger partial charge in [-0.15, -0.1) is 0 Å². The fourth-order valence-electron chi connectivity index (χ4n) is 7.49. The molecule has 220 valence electrons. The average Bonchev–Trinajstić information content (AvgIpc) is 3.32. The Bertz CT molecular complexity index is 1600. The molecule has 11 heteroatoms. The number of Topliss-reactive ketones (excluding diaryl/α,β-unsaturated/α-hetero) is 2. The van der Waals surface area contributed by atoms with Gasteiger partial charge in [0, 0.05) is 42.3 Å². The molecule has 1 aliphatic heterocycles. The van der Waals surface area contributed by atoms with Gasteiger partial charge in [0.1, 0.15) is 28.6 Å². The summed E-state index contributed by atoms with van der Waals surface area (Å²) in [4.78, 5) is 43.3. The highest BCUT2D eigenvalue weighted by Gasteiger charge is 2.63. The quantitative estimate of drug-likeness (QED) is 0.330. The molecule has 4 atom stereocenters. The fraction of sp³-hybridized carbons (Fsp3) is 0.387. The van der Waals surface area contributed by atoms with Crippen molar-refractivity contribution in [3.63, 3.8) is 0 Å². The van der Waals surface area contributed by atoms with Crippen molar-refractivity contribution in [2.24, 2.45) is 17.6 Å². The van der Waals surface area contributed by atoms with E-state index in [1.54, 1.807) is 14.1 Å². The van der Waals surface area contributed by atoms with Crippen molar-refractivity contribution < 1.29 is 39.5 Å². The van der Waals surface area contributed by atoms with Crippen LogP contribution in [0.5, 0.6) is 11.5 Å². The number of phenolic OH excluding ortho intramolecular Hbond substituents is 1. The number of likely N-dealkylation sites (N-methyl/N-ethyl adjacent to an activating group) is 1. The van der Waals surface area contributed by atoms with Crippen molar-refractivity contribution >= 4 is 17.5 Å². The highest BCUT2D eigenvalue weighted by molar-refractivity contribution is 6.24. The Morgan fingerprint density at radius 1 is 1.14 bits per heavy atom. The number of benzene rings is 2. The van der Waals surface area contributed by atoms with Gasteiger partial charge in [0.15, 0.2) is 11.4 Å². The Labute approximate surface area is 242 Å². The molecule has 3 aliphatic carbocycles. The molecule has 6 N–H and O–H groups in total. The van der Waals surface area contributed by atoms with E-state index in [1.807, 2.05) is 12.1 Å². The molecule has 1 heterocycles. The standard InChI is InChI=1S/C31H33N3O8/c1-33(2)24-19-9-16-8-18-22(25(36)21(16)28(38)31(19,41)29(39)23(26(24)37)30(32)40)20(35)10-17(27(18)42-3)13-34-11-14-6-4-5-7-15(14)12-34/h4-7,10,16,19,24,35,37-38,41H,8-9,11-13H2,1-3H3,(H2,32,40)/t16-,19-,24-,31-/m0/s1. The maximum absolute atomic E-state index is 13.9. The molecule has 0 aromatic heterocycles. The van der Waals surface area contributed by atoms with Gasteiger partial charge in [-0.05, 0) is 50.0 Å². The smallest absolute Gasteiger partial charge is 0.255 e. The first kappa shape index (κ1) is 28.0. The van der Waals surface area contributed by atoms with Crippen LogP contribution in [0.2, 0.25) is 0 Å². The number of aliphatic hydroxyl groups excluding tert-OH is 2. The van der Waals surface area contributed by atoms with E-state index in [1.165, 1.54) is 29.2 Å². The lowest BCUT2D eigenvalue weighted by molar-refractivity contribution is -0.148. The third-order valence-corrected chi connectivity index (χ3v) is 9.25. The molecule has 0 radical (unpaired) electrons. The van der Waals surface area contributed by atoms with Crippen molar-refractivity contribution in [3.8, 4) is 11.5 Å². The molecule has 1 amide bonds. The lowest BCUT2D eigenvalue weighted by Crippen LogP contribution is -2.63. The topological polar surface area (TPSA) is 174 Å². The summed E-state index contributed by atoms with van der Waals surface area (Å²) in [6.07, 6.45) is 0.181. The second-order valence-corrected chi connectivity index (χ2v) is 11.8. The number of carbonyl (C=O) groups excluding carboxylic acids is 3. The predicted octanol–water partition coefficient (Wildman–Crippen LogP) is 1.65. The predicted molar refractivity (Wildman–Crippen MR) is 150 cm³/mol. The van der Waals surface area contributed by atoms with E-state index in [-0.39, 0.29) is 29.7 Å². The van der Waals surface area contributed by atoms with Gasteiger partial charge in [-0.25, -0.2) is 0 Å². The Kier molecular flexibility index (Phi) is 6.45. The maximum atomic E-state index is 13.9. The third-order valence-electron chi connectivity index (χ3n) is 9.25. The van der Waals surface area contributed by atoms with Gasteiger partial charge in [0.05, 0.1) is 18.7 Å². The number of nitrogens with zero attached hydrogens (tertiary/aromatic N) is 2. The third kappa shape index (κ3) is 3.80. The van der Waals surface area contributed by atoms with Gasteiger partial charge in [-0.3, -0.25) is 24.2 Å². The van der Waals surface area contributed by atoms with Crippen LogP contribution >= 0.6 is 0 Å². The summed E-state index contributed by atoms with van der Waals surface area (Å²) >= 11 is 0. The van der Waals surface area contributed by atoms with E-state index in [0.29, 0.717) is 23.4 Å². The van der Waals surface area contributed by atoms with Crippen molar-refractivity contribution in [2.45, 2.75) is 44.1 Å². The van der Waals surface area contributed by atoms with Crippen molar-refractivity contribution in [3.05, 3.63) is 80.8 Å². The van der Waals surface area contributed by atoms with Crippen LogP contribution in [-0.2, 0) is 35.6 Å². The molecule has 2 aromatic rings. The van der Waals surface area contributed by atoms with Crippen molar-refractivity contribution in [1.29, 1.82) is 0 Å². The average molecular weight is 576 g/mol. The summed E-state index contributed by atoms with van der Waals surface area (Å²) in [5.41, 5.74) is 5.24. The maximum Gasteiger partial charge on any atom is 0.255 e. The largest absolute Gasteiger partial charge is 0.510 e. The summed E-state index contributed by atoms with van der Waals surface area (Å²) < 4.78 is 5.82. The van der Waals surface area contributed by atoms with E-state index in [4.69, 9.17) is 10.5 Å². The number of fused-ring (bicyclic) bond motifs is 4. The van der Waals surface area contributed by atoms with Gasteiger partial charge in [-0.1, -0.05) is 24.3 Å². The normalized spacial score (nSPS) is 27.1. The highest BCUT2D eigenvalue weighted by Crippen LogP contribution is 2.53. The van der Waals surface area contributed by atoms with Crippen LogP contribution in [0, 0.1) is 11.8 Å². The number of phenols is 1. The molecule has 0 spiro atoms. The Morgan fingerprint density at radius 2 is 1.79 bits per heavy atom. The van der Waals surface area contributed by atoms with E-state index in [9.17, 15) is 34.8 Å². The molecule has 0 bridgehead atoms. The van der Waals surface area contributed by atoms with Gasteiger partial charge >= 0.3 is 0 Å². The summed E-state index contributed by atoms with van der Waals surface area (Å²) in [5.74, 6) is -6.36. The first-order valence-corrected chi connectivity index (χ1v) is 13.8. The molecule has 4 aliphatic rings. The minimum atomic E-state index is -2.67. The number of primary amides is 1. The molecule has 6 rings (SSSR count). The molecule has 42 heavy (non-hydrogen) atoms. The van der Waals surface area contributed by atoms with Crippen LogP contribution in [-0.4, -0.2) is 80.5 Å². The number of rotatable bonds is 5. The fourth-order valence-corrected chi connectivity index (χ4v) is 7.49. The number of methoxy groups -OCH3 is 1. The minimum Gasteiger partial charge on any atom is -0.510 e. The first-order chi connectivity index (χ1) is 19.9. The monoisotopic (exact) mass is 575 g/mol. The molecule has 11 nitrogen and oxygen atoms in total. The molecule has 2 aromatic carbocycles. The zero-order chi connectivity index (χ0) is 30.2. The number of carbonyl (C=O) groups is 3. The SMILES string of the molecule is COc1c(CN2Cc3ccccc3C2)cc(O)c2c1C[C@H]1C[C@H]3[C@H](N(C)C)C(O)=C(C(N)=O)C(=O)[C@@]3(O)C(O)=C1C2=O. The zero-order valence-electron chi connectivity index (χ0n) is 23.5. The number of ketones is 2. The molecule has 0 saturated carbocycles. The molecular weight excluding hydrogens is 542 g/mol. The summed E-state index contributed by atoms with van der Waals surface area (Å²) in [5, 5.41) is 45.3. The van der Waals surface area contributed by atoms with Gasteiger partial charge in [0.2, 0.25) is 5.78 Å². The van der Waals surface area contributed by atoms with Crippen LogP contribution in [0.4, 0.5) is 0 Å². The lowest BCUT2D eigenvalue weighted by atomic mass is 9.58. The van der Waals surface area contributed by atoms with E-state index >= 15 is 0 Å². The number of allylic oxidation sites excluding steroid dienone is 1. The lowest BCUT2D eigenvalue weighted by Gasteiger charge is -2.50. The number of ether oxygens (including phenoxy) is 1. The second kappa shape index (κ2) is 9.69. The van der Waals surface area contributed by atoms with E-state index < -0.39 is 58.0 Å². The number of aromatic hydroxyl groups is 1.